The fourth-order valence-electron chi connectivity index (χ4n) is 2.92. The first kappa shape index (κ1) is 18.8. The lowest BCUT2D eigenvalue weighted by molar-refractivity contribution is -0.119. The van der Waals surface area contributed by atoms with Crippen molar-refractivity contribution in [3.05, 3.63) is 65.4 Å². The molecular weight excluding hydrogens is 396 g/mol. The summed E-state index contributed by atoms with van der Waals surface area (Å²) in [6.07, 6.45) is 1.28. The van der Waals surface area contributed by atoms with Gasteiger partial charge in [-0.3, -0.25) is 4.79 Å². The number of ether oxygens (including phenoxy) is 2. The first-order valence-corrected chi connectivity index (χ1v) is 9.01. The Balaban J connectivity index is 1.50. The molecule has 0 atom stereocenters. The van der Waals surface area contributed by atoms with Gasteiger partial charge < -0.3 is 19.2 Å². The van der Waals surface area contributed by atoms with Gasteiger partial charge >= 0.3 is 5.97 Å². The summed E-state index contributed by atoms with van der Waals surface area (Å²) in [4.78, 5) is 28.1. The van der Waals surface area contributed by atoms with Crippen LogP contribution in [-0.4, -0.2) is 30.6 Å². The SMILES string of the molecule is COc1cc2c(cc1NC(=O)COC(=O)c1ccc(Cl)nc1)oc1ccccc12. The maximum atomic E-state index is 12.3. The van der Waals surface area contributed by atoms with E-state index in [9.17, 15) is 9.59 Å². The number of para-hydroxylation sites is 1. The zero-order chi connectivity index (χ0) is 20.4. The van der Waals surface area contributed by atoms with Crippen LogP contribution >= 0.6 is 11.6 Å². The molecule has 29 heavy (non-hydrogen) atoms. The van der Waals surface area contributed by atoms with Crippen LogP contribution in [0.4, 0.5) is 5.69 Å². The highest BCUT2D eigenvalue weighted by Crippen LogP contribution is 2.36. The van der Waals surface area contributed by atoms with Crippen LogP contribution < -0.4 is 10.1 Å². The molecule has 0 radical (unpaired) electrons. The molecule has 7 nitrogen and oxygen atoms in total. The average Bonchev–Trinajstić information content (AvgIpc) is 3.09. The molecule has 4 rings (SSSR count). The highest BCUT2D eigenvalue weighted by atomic mass is 35.5. The van der Waals surface area contributed by atoms with E-state index in [1.807, 2.05) is 24.3 Å². The Hall–Kier alpha value is -3.58. The summed E-state index contributed by atoms with van der Waals surface area (Å²) < 4.78 is 16.2. The highest BCUT2D eigenvalue weighted by molar-refractivity contribution is 6.29. The Kier molecular flexibility index (Phi) is 5.05. The minimum Gasteiger partial charge on any atom is -0.495 e. The lowest BCUT2D eigenvalue weighted by Crippen LogP contribution is -2.21. The molecule has 0 aliphatic carbocycles. The van der Waals surface area contributed by atoms with Crippen molar-refractivity contribution >= 4 is 51.1 Å². The summed E-state index contributed by atoms with van der Waals surface area (Å²) in [6, 6.07) is 14.0. The van der Waals surface area contributed by atoms with Gasteiger partial charge in [0.2, 0.25) is 0 Å². The van der Waals surface area contributed by atoms with Crippen LogP contribution in [0.15, 0.2) is 59.1 Å². The van der Waals surface area contributed by atoms with Crippen LogP contribution in [0, 0.1) is 0 Å². The summed E-state index contributed by atoms with van der Waals surface area (Å²) in [5.41, 5.74) is 1.95. The summed E-state index contributed by atoms with van der Waals surface area (Å²) in [7, 11) is 1.51. The molecule has 0 unspecified atom stereocenters. The Morgan fingerprint density at radius 3 is 2.69 bits per heavy atom. The Morgan fingerprint density at radius 2 is 1.93 bits per heavy atom. The second-order valence-corrected chi connectivity index (χ2v) is 6.53. The largest absolute Gasteiger partial charge is 0.495 e. The van der Waals surface area contributed by atoms with Gasteiger partial charge in [-0.1, -0.05) is 29.8 Å². The van der Waals surface area contributed by atoms with E-state index in [1.54, 1.807) is 12.1 Å². The van der Waals surface area contributed by atoms with Crippen molar-refractivity contribution in [2.24, 2.45) is 0 Å². The topological polar surface area (TPSA) is 90.7 Å². The Bertz CT molecular complexity index is 1220. The van der Waals surface area contributed by atoms with Crippen LogP contribution in [0.1, 0.15) is 10.4 Å². The number of carbonyl (C=O) groups excluding carboxylic acids is 2. The van der Waals surface area contributed by atoms with Crippen molar-refractivity contribution in [3.8, 4) is 5.75 Å². The second kappa shape index (κ2) is 7.81. The third-order valence-electron chi connectivity index (χ3n) is 4.27. The van der Waals surface area contributed by atoms with Gasteiger partial charge in [0, 0.05) is 23.0 Å². The number of hydrogen-bond donors (Lipinski definition) is 1. The van der Waals surface area contributed by atoms with Crippen LogP contribution in [0.5, 0.6) is 5.75 Å². The zero-order valence-electron chi connectivity index (χ0n) is 15.3. The van der Waals surface area contributed by atoms with E-state index >= 15 is 0 Å². The number of hydrogen-bond acceptors (Lipinski definition) is 6. The molecule has 0 aliphatic rings. The number of fused-ring (bicyclic) bond motifs is 3. The van der Waals surface area contributed by atoms with Gasteiger partial charge in [0.15, 0.2) is 6.61 Å². The molecule has 4 aromatic rings. The average molecular weight is 411 g/mol. The third kappa shape index (κ3) is 3.86. The van der Waals surface area contributed by atoms with E-state index in [0.717, 1.165) is 16.4 Å². The smallest absolute Gasteiger partial charge is 0.340 e. The molecule has 0 saturated heterocycles. The van der Waals surface area contributed by atoms with Crippen LogP contribution in [0.25, 0.3) is 21.9 Å². The third-order valence-corrected chi connectivity index (χ3v) is 4.49. The molecular formula is C21H15ClN2O5. The highest BCUT2D eigenvalue weighted by Gasteiger charge is 2.16. The predicted octanol–water partition coefficient (Wildman–Crippen LogP) is 4.44. The van der Waals surface area contributed by atoms with E-state index in [4.69, 9.17) is 25.5 Å². The summed E-state index contributed by atoms with van der Waals surface area (Å²) >= 11 is 5.68. The van der Waals surface area contributed by atoms with Crippen molar-refractivity contribution in [3.63, 3.8) is 0 Å². The molecule has 0 bridgehead atoms. The van der Waals surface area contributed by atoms with Gasteiger partial charge in [-0.15, -0.1) is 0 Å². The number of methoxy groups -OCH3 is 1. The molecule has 1 amide bonds. The first-order valence-electron chi connectivity index (χ1n) is 8.63. The van der Waals surface area contributed by atoms with E-state index in [0.29, 0.717) is 17.0 Å². The lowest BCUT2D eigenvalue weighted by atomic mass is 10.1. The summed E-state index contributed by atoms with van der Waals surface area (Å²) in [5.74, 6) is -0.733. The molecule has 0 aliphatic heterocycles. The summed E-state index contributed by atoms with van der Waals surface area (Å²) in [5, 5.41) is 4.75. The minimum absolute atomic E-state index is 0.198. The number of aromatic nitrogens is 1. The maximum absolute atomic E-state index is 12.3. The molecule has 146 valence electrons. The van der Waals surface area contributed by atoms with Crippen LogP contribution in [0.2, 0.25) is 5.15 Å². The normalized spacial score (nSPS) is 10.8. The van der Waals surface area contributed by atoms with Crippen LogP contribution in [-0.2, 0) is 9.53 Å². The van der Waals surface area contributed by atoms with Crippen LogP contribution in [0.3, 0.4) is 0 Å². The lowest BCUT2D eigenvalue weighted by Gasteiger charge is -2.10. The van der Waals surface area contributed by atoms with Crippen molar-refractivity contribution in [2.45, 2.75) is 0 Å². The minimum atomic E-state index is -0.677. The molecule has 8 heteroatoms. The standard InChI is InChI=1S/C21H15ClN2O5/c1-27-18-8-14-13-4-2-3-5-16(13)29-17(14)9-15(18)24-20(25)11-28-21(26)12-6-7-19(22)23-10-12/h2-10H,11H2,1H3,(H,24,25). The van der Waals surface area contributed by atoms with Crippen molar-refractivity contribution < 1.29 is 23.5 Å². The number of anilines is 1. The fourth-order valence-corrected chi connectivity index (χ4v) is 3.03. The first-order chi connectivity index (χ1) is 14.0. The predicted molar refractivity (Wildman–Crippen MR) is 108 cm³/mol. The number of pyridine rings is 1. The molecule has 2 aromatic carbocycles. The van der Waals surface area contributed by atoms with Gasteiger partial charge in [0.25, 0.3) is 5.91 Å². The number of rotatable bonds is 5. The number of benzene rings is 2. The van der Waals surface area contributed by atoms with E-state index in [2.05, 4.69) is 10.3 Å². The van der Waals surface area contributed by atoms with Crippen molar-refractivity contribution in [1.82, 2.24) is 4.98 Å². The molecule has 1 N–H and O–H groups in total. The number of carbonyl (C=O) groups is 2. The molecule has 2 aromatic heterocycles. The number of esters is 1. The molecule has 2 heterocycles. The number of halogens is 1. The fraction of sp³-hybridized carbons (Fsp3) is 0.0952. The number of nitrogens with one attached hydrogen (secondary N) is 1. The quantitative estimate of drug-likeness (QED) is 0.386. The number of furan rings is 1. The van der Waals surface area contributed by atoms with Gasteiger partial charge in [-0.05, 0) is 24.3 Å². The van der Waals surface area contributed by atoms with Crippen molar-refractivity contribution in [2.75, 3.05) is 19.0 Å². The monoisotopic (exact) mass is 410 g/mol. The maximum Gasteiger partial charge on any atom is 0.340 e. The molecule has 0 fully saturated rings. The Morgan fingerprint density at radius 1 is 1.10 bits per heavy atom. The van der Waals surface area contributed by atoms with E-state index < -0.39 is 18.5 Å². The van der Waals surface area contributed by atoms with E-state index in [1.165, 1.54) is 25.4 Å². The van der Waals surface area contributed by atoms with Gasteiger partial charge in [0.05, 0.1) is 18.4 Å². The van der Waals surface area contributed by atoms with Crippen molar-refractivity contribution in [1.29, 1.82) is 0 Å². The Labute approximate surface area is 170 Å². The number of nitrogens with zero attached hydrogens (tertiary/aromatic N) is 1. The number of amides is 1. The van der Waals surface area contributed by atoms with Gasteiger partial charge in [-0.2, -0.15) is 0 Å². The molecule has 0 spiro atoms. The zero-order valence-corrected chi connectivity index (χ0v) is 16.0. The van der Waals surface area contributed by atoms with E-state index in [-0.39, 0.29) is 10.7 Å². The summed E-state index contributed by atoms with van der Waals surface area (Å²) in [6.45, 7) is -0.469. The second-order valence-electron chi connectivity index (χ2n) is 6.14. The molecule has 0 saturated carbocycles. The van der Waals surface area contributed by atoms with Gasteiger partial charge in [-0.25, -0.2) is 9.78 Å². The van der Waals surface area contributed by atoms with Gasteiger partial charge in [0.1, 0.15) is 22.1 Å².